The highest BCUT2D eigenvalue weighted by Gasteiger charge is 2.15. The van der Waals surface area contributed by atoms with E-state index in [2.05, 4.69) is 16.6 Å². The summed E-state index contributed by atoms with van der Waals surface area (Å²) in [6.07, 6.45) is 7.23. The van der Waals surface area contributed by atoms with E-state index in [1.807, 2.05) is 11.8 Å². The van der Waals surface area contributed by atoms with Crippen LogP contribution in [0, 0.1) is 12.3 Å². The van der Waals surface area contributed by atoms with Crippen molar-refractivity contribution in [1.82, 2.24) is 10.6 Å². The van der Waals surface area contributed by atoms with E-state index >= 15 is 0 Å². The Hall–Kier alpha value is -0.660. The van der Waals surface area contributed by atoms with E-state index in [0.29, 0.717) is 19.1 Å². The Bertz CT molecular complexity index is 219. The number of nitrogens with one attached hydrogen (secondary N) is 2. The Kier molecular flexibility index (Phi) is 5.50. The molecule has 2 N–H and O–H groups in total. The predicted molar refractivity (Wildman–Crippen MR) is 60.2 cm³/mol. The molecule has 1 aliphatic rings. The molecule has 1 amide bonds. The van der Waals surface area contributed by atoms with Crippen molar-refractivity contribution in [1.29, 1.82) is 0 Å². The smallest absolute Gasteiger partial charge is 0.234 e. The van der Waals surface area contributed by atoms with Gasteiger partial charge in [0.15, 0.2) is 0 Å². The van der Waals surface area contributed by atoms with Gasteiger partial charge in [0, 0.05) is 6.04 Å². The van der Waals surface area contributed by atoms with Crippen LogP contribution in [0.1, 0.15) is 12.8 Å². The van der Waals surface area contributed by atoms with Crippen LogP contribution in [0.25, 0.3) is 0 Å². The standard InChI is InChI=1S/C10H16N2OS/c1-2-5-11-8-10(13)12-9-3-6-14-7-4-9/h1,9,11H,3-8H2,(H,12,13). The van der Waals surface area contributed by atoms with E-state index in [4.69, 9.17) is 6.42 Å². The second-order valence-electron chi connectivity index (χ2n) is 3.26. The lowest BCUT2D eigenvalue weighted by molar-refractivity contribution is -0.120. The highest BCUT2D eigenvalue weighted by Crippen LogP contribution is 2.16. The molecule has 4 heteroatoms. The van der Waals surface area contributed by atoms with Gasteiger partial charge in [-0.25, -0.2) is 0 Å². The van der Waals surface area contributed by atoms with Crippen LogP contribution in [-0.4, -0.2) is 36.5 Å². The summed E-state index contributed by atoms with van der Waals surface area (Å²) in [5.74, 6) is 4.80. The number of hydrogen-bond acceptors (Lipinski definition) is 3. The molecule has 0 aliphatic carbocycles. The van der Waals surface area contributed by atoms with Crippen LogP contribution in [-0.2, 0) is 4.79 Å². The van der Waals surface area contributed by atoms with Crippen LogP contribution in [0.4, 0.5) is 0 Å². The van der Waals surface area contributed by atoms with Crippen LogP contribution in [0.2, 0.25) is 0 Å². The minimum atomic E-state index is 0.0529. The summed E-state index contributed by atoms with van der Waals surface area (Å²) in [6, 6.07) is 0.372. The molecule has 1 aliphatic heterocycles. The molecule has 0 atom stereocenters. The molecular weight excluding hydrogens is 196 g/mol. The van der Waals surface area contributed by atoms with Crippen LogP contribution in [0.15, 0.2) is 0 Å². The predicted octanol–water partition coefficient (Wildman–Crippen LogP) is 0.221. The summed E-state index contributed by atoms with van der Waals surface area (Å²) < 4.78 is 0. The second-order valence-corrected chi connectivity index (χ2v) is 4.49. The third-order valence-electron chi connectivity index (χ3n) is 2.10. The normalized spacial score (nSPS) is 17.4. The van der Waals surface area contributed by atoms with Crippen LogP contribution < -0.4 is 10.6 Å². The molecule has 0 saturated carbocycles. The number of rotatable bonds is 4. The summed E-state index contributed by atoms with van der Waals surface area (Å²) in [7, 11) is 0. The average Bonchev–Trinajstić information content (AvgIpc) is 2.20. The summed E-state index contributed by atoms with van der Waals surface area (Å²) in [5.41, 5.74) is 0. The van der Waals surface area contributed by atoms with Gasteiger partial charge < -0.3 is 5.32 Å². The van der Waals surface area contributed by atoms with Gasteiger partial charge in [-0.1, -0.05) is 5.92 Å². The molecule has 14 heavy (non-hydrogen) atoms. The minimum absolute atomic E-state index is 0.0529. The van der Waals surface area contributed by atoms with Crippen molar-refractivity contribution < 1.29 is 4.79 Å². The van der Waals surface area contributed by atoms with Crippen molar-refractivity contribution in [3.63, 3.8) is 0 Å². The summed E-state index contributed by atoms with van der Waals surface area (Å²) >= 11 is 1.95. The zero-order chi connectivity index (χ0) is 10.2. The van der Waals surface area contributed by atoms with Crippen LogP contribution in [0.5, 0.6) is 0 Å². The molecule has 1 saturated heterocycles. The first-order chi connectivity index (χ1) is 6.83. The molecule has 0 aromatic carbocycles. The van der Waals surface area contributed by atoms with E-state index in [1.54, 1.807) is 0 Å². The van der Waals surface area contributed by atoms with Crippen molar-refractivity contribution in [2.75, 3.05) is 24.6 Å². The van der Waals surface area contributed by atoms with Gasteiger partial charge in [0.05, 0.1) is 13.1 Å². The van der Waals surface area contributed by atoms with Gasteiger partial charge in [0.2, 0.25) is 5.91 Å². The number of terminal acetylenes is 1. The summed E-state index contributed by atoms with van der Waals surface area (Å²) in [4.78, 5) is 11.3. The molecular formula is C10H16N2OS. The Balaban J connectivity index is 2.10. The molecule has 0 radical (unpaired) electrons. The topological polar surface area (TPSA) is 41.1 Å². The number of carbonyl (C=O) groups excluding carboxylic acids is 1. The molecule has 0 aromatic rings. The average molecular weight is 212 g/mol. The Morgan fingerprint density at radius 2 is 2.21 bits per heavy atom. The monoisotopic (exact) mass is 212 g/mol. The minimum Gasteiger partial charge on any atom is -0.352 e. The lowest BCUT2D eigenvalue weighted by Gasteiger charge is -2.22. The first kappa shape index (κ1) is 11.4. The fraction of sp³-hybridized carbons (Fsp3) is 0.700. The van der Waals surface area contributed by atoms with E-state index in [1.165, 1.54) is 0 Å². The molecule has 0 aromatic heterocycles. The van der Waals surface area contributed by atoms with E-state index in [-0.39, 0.29) is 5.91 Å². The summed E-state index contributed by atoms with van der Waals surface area (Å²) in [5, 5.41) is 5.87. The van der Waals surface area contributed by atoms with Gasteiger partial charge in [-0.05, 0) is 24.3 Å². The highest BCUT2D eigenvalue weighted by molar-refractivity contribution is 7.99. The number of hydrogen-bond donors (Lipinski definition) is 2. The van der Waals surface area contributed by atoms with Gasteiger partial charge in [-0.3, -0.25) is 10.1 Å². The fourth-order valence-corrected chi connectivity index (χ4v) is 2.48. The van der Waals surface area contributed by atoms with Crippen molar-refractivity contribution in [3.05, 3.63) is 0 Å². The number of carbonyl (C=O) groups is 1. The van der Waals surface area contributed by atoms with Crippen LogP contribution >= 0.6 is 11.8 Å². The SMILES string of the molecule is C#CCNCC(=O)NC1CCSCC1. The Morgan fingerprint density at radius 3 is 2.86 bits per heavy atom. The fourth-order valence-electron chi connectivity index (χ4n) is 1.37. The molecule has 0 spiro atoms. The van der Waals surface area contributed by atoms with E-state index in [9.17, 15) is 4.79 Å². The number of amides is 1. The second kappa shape index (κ2) is 6.74. The first-order valence-corrected chi connectivity index (χ1v) is 5.99. The maximum absolute atomic E-state index is 11.3. The molecule has 0 bridgehead atoms. The molecule has 1 fully saturated rings. The lowest BCUT2D eigenvalue weighted by Crippen LogP contribution is -2.42. The molecule has 3 nitrogen and oxygen atoms in total. The zero-order valence-electron chi connectivity index (χ0n) is 8.21. The van der Waals surface area contributed by atoms with Crippen molar-refractivity contribution in [2.24, 2.45) is 0 Å². The molecule has 1 heterocycles. The quantitative estimate of drug-likeness (QED) is 0.517. The molecule has 1 rings (SSSR count). The van der Waals surface area contributed by atoms with Crippen molar-refractivity contribution in [3.8, 4) is 12.3 Å². The summed E-state index contributed by atoms with van der Waals surface area (Å²) in [6.45, 7) is 0.780. The van der Waals surface area contributed by atoms with Crippen molar-refractivity contribution in [2.45, 2.75) is 18.9 Å². The van der Waals surface area contributed by atoms with Gasteiger partial charge in [-0.2, -0.15) is 11.8 Å². The Labute approximate surface area is 89.4 Å². The van der Waals surface area contributed by atoms with Gasteiger partial charge >= 0.3 is 0 Å². The molecule has 0 unspecified atom stereocenters. The van der Waals surface area contributed by atoms with Crippen LogP contribution in [0.3, 0.4) is 0 Å². The third-order valence-corrected chi connectivity index (χ3v) is 3.15. The Morgan fingerprint density at radius 1 is 1.50 bits per heavy atom. The van der Waals surface area contributed by atoms with E-state index < -0.39 is 0 Å². The van der Waals surface area contributed by atoms with Gasteiger partial charge in [-0.15, -0.1) is 6.42 Å². The maximum Gasteiger partial charge on any atom is 0.234 e. The van der Waals surface area contributed by atoms with Crippen molar-refractivity contribution >= 4 is 17.7 Å². The zero-order valence-corrected chi connectivity index (χ0v) is 9.03. The van der Waals surface area contributed by atoms with Gasteiger partial charge in [0.1, 0.15) is 0 Å². The first-order valence-electron chi connectivity index (χ1n) is 4.84. The lowest BCUT2D eigenvalue weighted by atomic mass is 10.1. The maximum atomic E-state index is 11.3. The largest absolute Gasteiger partial charge is 0.352 e. The van der Waals surface area contributed by atoms with E-state index in [0.717, 1.165) is 24.3 Å². The molecule has 78 valence electrons. The number of thioether (sulfide) groups is 1. The van der Waals surface area contributed by atoms with Gasteiger partial charge in [0.25, 0.3) is 0 Å². The third kappa shape index (κ3) is 4.54. The highest BCUT2D eigenvalue weighted by atomic mass is 32.2.